The summed E-state index contributed by atoms with van der Waals surface area (Å²) in [5.41, 5.74) is 1.10. The maximum absolute atomic E-state index is 8.68. The number of halogens is 1. The number of aliphatic hydroxyl groups excluding tert-OH is 1. The molecule has 0 aliphatic rings. The van der Waals surface area contributed by atoms with Crippen LogP contribution in [0.4, 0.5) is 0 Å². The van der Waals surface area contributed by atoms with Crippen molar-refractivity contribution in [2.24, 2.45) is 0 Å². The van der Waals surface area contributed by atoms with Crippen molar-refractivity contribution in [2.75, 3.05) is 27.4 Å². The molecule has 96 valence electrons. The third-order valence-electron chi connectivity index (χ3n) is 2.38. The predicted octanol–water partition coefficient (Wildman–Crippen LogP) is 1.94. The van der Waals surface area contributed by atoms with E-state index in [9.17, 15) is 0 Å². The van der Waals surface area contributed by atoms with Crippen molar-refractivity contribution >= 4 is 15.9 Å². The van der Waals surface area contributed by atoms with Gasteiger partial charge in [0.2, 0.25) is 0 Å². The summed E-state index contributed by atoms with van der Waals surface area (Å²) in [5, 5.41) is 11.9. The van der Waals surface area contributed by atoms with Gasteiger partial charge in [-0.05, 0) is 30.7 Å². The SMILES string of the molecule is COc1cc(Br)c(CNCCCO)cc1OC. The van der Waals surface area contributed by atoms with E-state index in [2.05, 4.69) is 21.2 Å². The number of aliphatic hydroxyl groups is 1. The molecule has 0 amide bonds. The molecule has 1 rings (SSSR count). The number of benzene rings is 1. The lowest BCUT2D eigenvalue weighted by molar-refractivity contribution is 0.286. The quantitative estimate of drug-likeness (QED) is 0.756. The molecule has 1 aromatic carbocycles. The van der Waals surface area contributed by atoms with Gasteiger partial charge in [-0.2, -0.15) is 0 Å². The second-order valence-electron chi connectivity index (χ2n) is 3.55. The van der Waals surface area contributed by atoms with Crippen molar-refractivity contribution < 1.29 is 14.6 Å². The fraction of sp³-hybridized carbons (Fsp3) is 0.500. The minimum absolute atomic E-state index is 0.208. The Labute approximate surface area is 110 Å². The molecule has 17 heavy (non-hydrogen) atoms. The van der Waals surface area contributed by atoms with Gasteiger partial charge in [0.15, 0.2) is 11.5 Å². The molecule has 0 saturated carbocycles. The number of hydrogen-bond acceptors (Lipinski definition) is 4. The lowest BCUT2D eigenvalue weighted by Gasteiger charge is -2.12. The van der Waals surface area contributed by atoms with Gasteiger partial charge in [-0.3, -0.25) is 0 Å². The molecular formula is C12H18BrNO3. The average molecular weight is 304 g/mol. The molecule has 0 saturated heterocycles. The van der Waals surface area contributed by atoms with Crippen LogP contribution in [0.1, 0.15) is 12.0 Å². The van der Waals surface area contributed by atoms with Gasteiger partial charge in [-0.1, -0.05) is 15.9 Å². The van der Waals surface area contributed by atoms with E-state index in [-0.39, 0.29) is 6.61 Å². The highest BCUT2D eigenvalue weighted by molar-refractivity contribution is 9.10. The van der Waals surface area contributed by atoms with E-state index in [1.807, 2.05) is 12.1 Å². The second kappa shape index (κ2) is 7.53. The van der Waals surface area contributed by atoms with Gasteiger partial charge in [-0.25, -0.2) is 0 Å². The summed E-state index contributed by atoms with van der Waals surface area (Å²) in [7, 11) is 3.23. The number of rotatable bonds is 7. The predicted molar refractivity (Wildman–Crippen MR) is 70.7 cm³/mol. The van der Waals surface area contributed by atoms with Crippen LogP contribution in [0.5, 0.6) is 11.5 Å². The molecule has 0 radical (unpaired) electrons. The van der Waals surface area contributed by atoms with E-state index in [0.29, 0.717) is 5.75 Å². The van der Waals surface area contributed by atoms with Gasteiger partial charge in [0, 0.05) is 17.6 Å². The maximum Gasteiger partial charge on any atom is 0.161 e. The molecule has 0 aromatic heterocycles. The summed E-state index contributed by atoms with van der Waals surface area (Å²) in [5.74, 6) is 1.42. The van der Waals surface area contributed by atoms with Crippen molar-refractivity contribution in [3.63, 3.8) is 0 Å². The van der Waals surface area contributed by atoms with Crippen LogP contribution in [0.25, 0.3) is 0 Å². The average Bonchev–Trinajstić information content (AvgIpc) is 2.35. The van der Waals surface area contributed by atoms with Gasteiger partial charge >= 0.3 is 0 Å². The lowest BCUT2D eigenvalue weighted by atomic mass is 10.2. The third kappa shape index (κ3) is 4.18. The van der Waals surface area contributed by atoms with Gasteiger partial charge in [0.05, 0.1) is 14.2 Å². The van der Waals surface area contributed by atoms with E-state index in [1.165, 1.54) is 0 Å². The fourth-order valence-electron chi connectivity index (χ4n) is 1.46. The van der Waals surface area contributed by atoms with Crippen LogP contribution in [0, 0.1) is 0 Å². The molecule has 0 aliphatic heterocycles. The molecular weight excluding hydrogens is 286 g/mol. The van der Waals surface area contributed by atoms with Crippen LogP contribution >= 0.6 is 15.9 Å². The van der Waals surface area contributed by atoms with Crippen molar-refractivity contribution in [1.29, 1.82) is 0 Å². The first kappa shape index (κ1) is 14.3. The van der Waals surface area contributed by atoms with E-state index in [0.717, 1.165) is 35.3 Å². The Morgan fingerprint density at radius 3 is 2.47 bits per heavy atom. The molecule has 1 aromatic rings. The Bertz CT molecular complexity index is 358. The molecule has 0 unspecified atom stereocenters. The zero-order valence-corrected chi connectivity index (χ0v) is 11.7. The first-order valence-corrected chi connectivity index (χ1v) is 6.24. The van der Waals surface area contributed by atoms with Crippen LogP contribution in [-0.2, 0) is 6.54 Å². The first-order chi connectivity index (χ1) is 8.22. The summed E-state index contributed by atoms with van der Waals surface area (Å²) in [4.78, 5) is 0. The number of methoxy groups -OCH3 is 2. The standard InChI is InChI=1S/C12H18BrNO3/c1-16-11-6-9(8-14-4-3-5-15)10(13)7-12(11)17-2/h6-7,14-15H,3-5,8H2,1-2H3. The van der Waals surface area contributed by atoms with Gasteiger partial charge < -0.3 is 19.9 Å². The van der Waals surface area contributed by atoms with E-state index in [4.69, 9.17) is 14.6 Å². The maximum atomic E-state index is 8.68. The number of ether oxygens (including phenoxy) is 2. The Morgan fingerprint density at radius 1 is 1.24 bits per heavy atom. The van der Waals surface area contributed by atoms with Crippen molar-refractivity contribution in [3.05, 3.63) is 22.2 Å². The third-order valence-corrected chi connectivity index (χ3v) is 3.12. The van der Waals surface area contributed by atoms with E-state index < -0.39 is 0 Å². The molecule has 5 heteroatoms. The molecule has 0 spiro atoms. The highest BCUT2D eigenvalue weighted by Gasteiger charge is 2.08. The first-order valence-electron chi connectivity index (χ1n) is 5.45. The zero-order chi connectivity index (χ0) is 12.7. The summed E-state index contributed by atoms with van der Waals surface area (Å²) in [6, 6.07) is 3.83. The number of nitrogens with one attached hydrogen (secondary N) is 1. The second-order valence-corrected chi connectivity index (χ2v) is 4.41. The topological polar surface area (TPSA) is 50.7 Å². The van der Waals surface area contributed by atoms with Crippen molar-refractivity contribution in [1.82, 2.24) is 5.32 Å². The molecule has 0 atom stereocenters. The lowest BCUT2D eigenvalue weighted by Crippen LogP contribution is -2.16. The van der Waals surface area contributed by atoms with Crippen LogP contribution in [0.15, 0.2) is 16.6 Å². The monoisotopic (exact) mass is 303 g/mol. The minimum atomic E-state index is 0.208. The molecule has 2 N–H and O–H groups in total. The van der Waals surface area contributed by atoms with Crippen molar-refractivity contribution in [2.45, 2.75) is 13.0 Å². The highest BCUT2D eigenvalue weighted by atomic mass is 79.9. The minimum Gasteiger partial charge on any atom is -0.493 e. The summed E-state index contributed by atoms with van der Waals surface area (Å²) in [6.45, 7) is 1.72. The highest BCUT2D eigenvalue weighted by Crippen LogP contribution is 2.33. The fourth-order valence-corrected chi connectivity index (χ4v) is 1.92. The Kier molecular flexibility index (Phi) is 6.32. The van der Waals surface area contributed by atoms with E-state index in [1.54, 1.807) is 14.2 Å². The van der Waals surface area contributed by atoms with Gasteiger partial charge in [0.25, 0.3) is 0 Å². The Balaban J connectivity index is 2.71. The molecule has 4 nitrogen and oxygen atoms in total. The Morgan fingerprint density at radius 2 is 1.88 bits per heavy atom. The summed E-state index contributed by atoms with van der Waals surface area (Å²) in [6.07, 6.45) is 0.755. The van der Waals surface area contributed by atoms with Gasteiger partial charge in [-0.15, -0.1) is 0 Å². The zero-order valence-electron chi connectivity index (χ0n) is 10.1. The summed E-state index contributed by atoms with van der Waals surface area (Å²) >= 11 is 3.50. The van der Waals surface area contributed by atoms with E-state index >= 15 is 0 Å². The van der Waals surface area contributed by atoms with Crippen LogP contribution in [-0.4, -0.2) is 32.5 Å². The largest absolute Gasteiger partial charge is 0.493 e. The summed E-state index contributed by atoms with van der Waals surface area (Å²) < 4.78 is 11.4. The smallest absolute Gasteiger partial charge is 0.161 e. The number of hydrogen-bond donors (Lipinski definition) is 2. The molecule has 0 fully saturated rings. The molecule has 0 bridgehead atoms. The van der Waals surface area contributed by atoms with Crippen molar-refractivity contribution in [3.8, 4) is 11.5 Å². The van der Waals surface area contributed by atoms with Gasteiger partial charge in [0.1, 0.15) is 0 Å². The normalized spacial score (nSPS) is 10.4. The molecule has 0 aliphatic carbocycles. The van der Waals surface area contributed by atoms with Crippen LogP contribution < -0.4 is 14.8 Å². The van der Waals surface area contributed by atoms with Crippen LogP contribution in [0.3, 0.4) is 0 Å². The molecule has 0 heterocycles. The van der Waals surface area contributed by atoms with Crippen LogP contribution in [0.2, 0.25) is 0 Å². The Hall–Kier alpha value is -0.780.